The van der Waals surface area contributed by atoms with Crippen molar-refractivity contribution < 1.29 is 203 Å². The number of hydrogen-bond donors (Lipinski definition) is 26. The lowest BCUT2D eigenvalue weighted by molar-refractivity contribution is -0.399. The number of unbranched alkanes of at least 4 members (excludes halogenated alkanes) is 25. The van der Waals surface area contributed by atoms with Crippen LogP contribution in [0.2, 0.25) is 0 Å². The fraction of sp³-hybridized carbons (Fsp3) is 0.920. The predicted octanol–water partition coefficient (Wildman–Crippen LogP) is -5.25. The fourth-order valence-electron chi connectivity index (χ4n) is 17.6. The van der Waals surface area contributed by atoms with Crippen LogP contribution in [0.25, 0.3) is 0 Å². The maximum Gasteiger partial charge on any atom is 0.364 e. The maximum atomic E-state index is 13.8. The molecule has 7 rings (SSSR count). The van der Waals surface area contributed by atoms with Crippen LogP contribution < -0.4 is 21.3 Å². The van der Waals surface area contributed by atoms with Crippen LogP contribution in [0.4, 0.5) is 0 Å². The van der Waals surface area contributed by atoms with Crippen molar-refractivity contribution in [3.8, 4) is 0 Å². The molecule has 7 saturated heterocycles. The van der Waals surface area contributed by atoms with E-state index in [2.05, 4.69) is 35.1 Å². The Morgan fingerprint density at radius 3 is 1.30 bits per heavy atom. The molecule has 0 saturated carbocycles. The number of aliphatic carboxylic acids is 1. The summed E-state index contributed by atoms with van der Waals surface area (Å²) in [5.74, 6) is -8.76. The summed E-state index contributed by atoms with van der Waals surface area (Å²) in [7, 11) is 0. The first-order valence-electron chi connectivity index (χ1n) is 47.1. The Kier molecular flexibility index (Phi) is 51.0. The van der Waals surface area contributed by atoms with Gasteiger partial charge in [0.25, 0.3) is 5.79 Å². The highest BCUT2D eigenvalue weighted by Crippen LogP contribution is 2.42. The molecule has 45 nitrogen and oxygen atoms in total. The van der Waals surface area contributed by atoms with E-state index < -0.39 is 321 Å². The molecule has 0 spiro atoms. The van der Waals surface area contributed by atoms with E-state index in [4.69, 9.17) is 66.3 Å². The minimum atomic E-state index is -3.42. The van der Waals surface area contributed by atoms with Crippen molar-refractivity contribution in [2.24, 2.45) is 0 Å². The number of carboxylic acid groups (broad SMARTS) is 1. The molecule has 768 valence electrons. The number of carbonyl (C=O) groups excluding carboxylic acids is 4. The van der Waals surface area contributed by atoms with Crippen molar-refractivity contribution in [1.82, 2.24) is 21.3 Å². The fourth-order valence-corrected chi connectivity index (χ4v) is 17.6. The van der Waals surface area contributed by atoms with Crippen molar-refractivity contribution in [3.63, 3.8) is 0 Å². The van der Waals surface area contributed by atoms with Crippen LogP contribution in [-0.4, -0.2) is 427 Å². The summed E-state index contributed by atoms with van der Waals surface area (Å²) in [6.45, 7) is -1.16. The molecule has 26 N–H and O–H groups in total. The van der Waals surface area contributed by atoms with E-state index in [9.17, 15) is 136 Å². The summed E-state index contributed by atoms with van der Waals surface area (Å²) in [6, 6.07) is -6.75. The van der Waals surface area contributed by atoms with Crippen molar-refractivity contribution in [1.29, 1.82) is 0 Å². The van der Waals surface area contributed by atoms with E-state index in [1.54, 1.807) is 6.08 Å². The number of carboxylic acids is 1. The summed E-state index contributed by atoms with van der Waals surface area (Å²) >= 11 is 0. The number of ether oxygens (including phenoxy) is 14. The summed E-state index contributed by atoms with van der Waals surface area (Å²) < 4.78 is 84.3. The predicted molar refractivity (Wildman–Crippen MR) is 455 cm³/mol. The van der Waals surface area contributed by atoms with Gasteiger partial charge in [-0.05, 0) is 19.3 Å². The number of carbonyl (C=O) groups is 5. The van der Waals surface area contributed by atoms with Crippen molar-refractivity contribution in [2.45, 2.75) is 453 Å². The molecule has 14 unspecified atom stereocenters. The molecule has 45 heteroatoms. The van der Waals surface area contributed by atoms with Crippen LogP contribution in [0.1, 0.15) is 221 Å². The lowest BCUT2D eigenvalue weighted by Gasteiger charge is -2.52. The van der Waals surface area contributed by atoms with Gasteiger partial charge in [-0.3, -0.25) is 19.2 Å². The van der Waals surface area contributed by atoms with Gasteiger partial charge in [0.1, 0.15) is 165 Å². The van der Waals surface area contributed by atoms with Crippen LogP contribution >= 0.6 is 0 Å². The van der Waals surface area contributed by atoms with E-state index in [1.165, 1.54) is 102 Å². The zero-order valence-electron chi connectivity index (χ0n) is 76.3. The van der Waals surface area contributed by atoms with Gasteiger partial charge < -0.3 is 200 Å². The van der Waals surface area contributed by atoms with Gasteiger partial charge in [-0.2, -0.15) is 0 Å². The first-order valence-corrected chi connectivity index (χ1v) is 47.1. The topological polar surface area (TPSA) is 708 Å². The van der Waals surface area contributed by atoms with Gasteiger partial charge in [-0.25, -0.2) is 4.79 Å². The molecular formula is C87H154N4O41. The Morgan fingerprint density at radius 2 is 0.803 bits per heavy atom. The molecule has 38 atom stereocenters. The minimum absolute atomic E-state index is 0.120. The average molecular weight is 1910 g/mol. The van der Waals surface area contributed by atoms with Gasteiger partial charge in [-0.15, -0.1) is 0 Å². The molecule has 132 heavy (non-hydrogen) atoms. The Balaban J connectivity index is 1.11. The van der Waals surface area contributed by atoms with Gasteiger partial charge in [0.15, 0.2) is 37.7 Å². The number of amides is 4. The van der Waals surface area contributed by atoms with E-state index in [-0.39, 0.29) is 6.42 Å². The second-order valence-corrected chi connectivity index (χ2v) is 35.7. The summed E-state index contributed by atoms with van der Waals surface area (Å²) in [6.07, 6.45) is -37.3. The molecule has 0 aromatic rings. The number of rotatable bonds is 59. The van der Waals surface area contributed by atoms with Gasteiger partial charge in [0.2, 0.25) is 23.6 Å². The molecule has 7 heterocycles. The zero-order chi connectivity index (χ0) is 97.1. The van der Waals surface area contributed by atoms with Crippen molar-refractivity contribution >= 4 is 29.6 Å². The van der Waals surface area contributed by atoms with Crippen LogP contribution in [0.15, 0.2) is 12.2 Å². The van der Waals surface area contributed by atoms with E-state index >= 15 is 0 Å². The van der Waals surface area contributed by atoms with E-state index in [1.807, 2.05) is 0 Å². The number of allylic oxidation sites excluding steroid dienone is 1. The molecule has 7 fully saturated rings. The van der Waals surface area contributed by atoms with Gasteiger partial charge >= 0.3 is 5.97 Å². The third-order valence-corrected chi connectivity index (χ3v) is 25.2. The molecule has 0 radical (unpaired) electrons. The van der Waals surface area contributed by atoms with Crippen molar-refractivity contribution in [3.05, 3.63) is 12.2 Å². The second-order valence-electron chi connectivity index (χ2n) is 35.7. The normalized spacial score (nSPS) is 37.3. The molecule has 0 bridgehead atoms. The molecule has 7 aliphatic rings. The summed E-state index contributed by atoms with van der Waals surface area (Å²) in [4.78, 5) is 65.8. The molecule has 0 aromatic heterocycles. The zero-order valence-corrected chi connectivity index (χ0v) is 76.3. The number of nitrogens with one attached hydrogen (secondary N) is 4. The SMILES string of the molecule is CCCCCCCCCCCCC/C=C/[C@@H](O)[C@H](CO[C@@H]1OC(CO)[C@@H](O[C@@H]2OC(CO[C@@H]3OC(CO)[C@@H](O[C@@H]4OC(CO)[C@H](O[C@@H]5OC(CO)[C@H](O)[C@H](O)C5NC(C)=O)[C@H](O[C@]5(C(=O)O)CC(O)[C@@H](NC(C)=O)C([C@H](O)[C@H](O)CO)O5)C4O)[C@H](O)C3NC(C)=O)[C@H](O)[C@H](O[C@H]3OC(CO)[C@H](O)[C@H](O)C3O)C2O)[C@H](O)C1O)NC(=O)CCCCCCCCCCCCCCCCC. The second kappa shape index (κ2) is 58.7. The van der Waals surface area contributed by atoms with Gasteiger partial charge in [0.05, 0.1) is 77.1 Å². The average Bonchev–Trinajstić information content (AvgIpc) is 0.728. The highest BCUT2D eigenvalue weighted by atomic mass is 16.8. The number of aliphatic hydroxyl groups excluding tert-OH is 21. The third kappa shape index (κ3) is 33.2. The molecule has 0 aliphatic carbocycles. The van der Waals surface area contributed by atoms with Crippen LogP contribution in [0.3, 0.4) is 0 Å². The van der Waals surface area contributed by atoms with Crippen LogP contribution in [0, 0.1) is 0 Å². The highest BCUT2D eigenvalue weighted by molar-refractivity contribution is 5.77. The highest BCUT2D eigenvalue weighted by Gasteiger charge is 2.63. The maximum absolute atomic E-state index is 13.8. The third-order valence-electron chi connectivity index (χ3n) is 25.2. The first kappa shape index (κ1) is 115. The Morgan fingerprint density at radius 1 is 0.402 bits per heavy atom. The molecule has 7 aliphatic heterocycles. The van der Waals surface area contributed by atoms with Gasteiger partial charge in [-0.1, -0.05) is 180 Å². The summed E-state index contributed by atoms with van der Waals surface area (Å²) in [5, 5.41) is 258. The molecule has 4 amide bonds. The molecule has 0 aromatic carbocycles. The minimum Gasteiger partial charge on any atom is -0.477 e. The van der Waals surface area contributed by atoms with E-state index in [0.29, 0.717) is 12.8 Å². The Hall–Kier alpha value is -4.31. The Bertz CT molecular complexity index is 3300. The van der Waals surface area contributed by atoms with Crippen LogP contribution in [-0.2, 0) is 90.3 Å². The molecular weight excluding hydrogens is 1760 g/mol. The van der Waals surface area contributed by atoms with Gasteiger partial charge in [0, 0.05) is 33.6 Å². The van der Waals surface area contributed by atoms with Crippen molar-refractivity contribution in [2.75, 3.05) is 52.9 Å². The lowest BCUT2D eigenvalue weighted by atomic mass is 9.88. The Labute approximate surface area is 768 Å². The quantitative estimate of drug-likeness (QED) is 0.0200. The van der Waals surface area contributed by atoms with Crippen LogP contribution in [0.5, 0.6) is 0 Å². The first-order chi connectivity index (χ1) is 63.1. The smallest absolute Gasteiger partial charge is 0.364 e. The summed E-state index contributed by atoms with van der Waals surface area (Å²) in [5.41, 5.74) is 0. The lowest BCUT2D eigenvalue weighted by Crippen LogP contribution is -2.72. The monoisotopic (exact) mass is 1910 g/mol. The van der Waals surface area contributed by atoms with E-state index in [0.717, 1.165) is 85.0 Å². The standard InChI is InChI=1S/C87H154N4O41/c1-6-8-10-12-14-16-18-20-21-23-25-27-29-31-33-35-58(104)91-48(49(101)34-32-30-28-26-24-22-19-17-15-13-11-9-7-2)43-119-82-71(114)69(112)75(55(41-96)124-82)128-84-72(115)78(130-83-70(113)68(111)64(107)53(39-94)122-83)65(108)57(126-84)44-120-80-61(90-47(5)100)67(110)74(54(40-95)123-80)127-85-73(116)79(76(56(42-97)125-85)129-81-60(89-46(4)99)66(109)63(106)52(38-93)121-81)132-87(86(117)118)36-50(102)59(88-45(3)98)77(131-87)62(105)51(103)37-92/h32,34,48-57,59-85,92-97,101-103,105-116H,6-31,33,35-44H2,1-5H3,(H,88,98)(H,89,99)(H,90,100)(H,91,104)(H,117,118)/b34-32+/t48-,49+,50?,51+,52?,53?,54?,55?,56?,57?,59+,60?,61?,62+,63-,64-,65-,66+,67+,68-,69+,70?,71?,72?,73?,74+,75+,76-,77?,78-,79+,80+,81-,82+,83+,84-,85-,87-/m0/s1. The largest absolute Gasteiger partial charge is 0.477 e. The number of hydrogen-bond acceptors (Lipinski definition) is 40. The number of aliphatic hydroxyl groups is 21.